The molecule has 0 spiro atoms. The SMILES string of the molecule is CCN(CC)c1ncnc(N(CC)c2ccccc2)c1[N+](=O)[O-]. The highest BCUT2D eigenvalue weighted by Crippen LogP contribution is 2.37. The first-order chi connectivity index (χ1) is 11.1. The second-order valence-corrected chi connectivity index (χ2v) is 4.88. The van der Waals surface area contributed by atoms with Gasteiger partial charge in [-0.1, -0.05) is 18.2 Å². The molecule has 0 aliphatic rings. The maximum atomic E-state index is 11.7. The molecule has 23 heavy (non-hydrogen) atoms. The van der Waals surface area contributed by atoms with Gasteiger partial charge in [0, 0.05) is 25.3 Å². The van der Waals surface area contributed by atoms with Crippen molar-refractivity contribution in [3.05, 3.63) is 46.8 Å². The minimum Gasteiger partial charge on any atom is -0.351 e. The Bertz CT molecular complexity index is 659. The van der Waals surface area contributed by atoms with Crippen LogP contribution < -0.4 is 9.80 Å². The van der Waals surface area contributed by atoms with Crippen LogP contribution in [0.15, 0.2) is 36.7 Å². The smallest absolute Gasteiger partial charge is 0.351 e. The molecule has 0 fully saturated rings. The van der Waals surface area contributed by atoms with E-state index >= 15 is 0 Å². The third kappa shape index (κ3) is 3.39. The summed E-state index contributed by atoms with van der Waals surface area (Å²) in [6.07, 6.45) is 1.39. The summed E-state index contributed by atoms with van der Waals surface area (Å²) in [4.78, 5) is 23.4. The van der Waals surface area contributed by atoms with Gasteiger partial charge in [0.1, 0.15) is 6.33 Å². The van der Waals surface area contributed by atoms with Crippen molar-refractivity contribution in [1.82, 2.24) is 9.97 Å². The maximum absolute atomic E-state index is 11.7. The molecule has 0 N–H and O–H groups in total. The van der Waals surface area contributed by atoms with Crippen molar-refractivity contribution >= 4 is 23.0 Å². The van der Waals surface area contributed by atoms with Crippen LogP contribution in [-0.4, -0.2) is 34.5 Å². The molecule has 1 aromatic heterocycles. The Balaban J connectivity index is 2.61. The highest BCUT2D eigenvalue weighted by Gasteiger charge is 2.29. The normalized spacial score (nSPS) is 10.4. The molecule has 0 saturated carbocycles. The first-order valence-electron chi connectivity index (χ1n) is 7.70. The van der Waals surface area contributed by atoms with E-state index in [-0.39, 0.29) is 5.69 Å². The van der Waals surface area contributed by atoms with Gasteiger partial charge in [-0.3, -0.25) is 10.1 Å². The summed E-state index contributed by atoms with van der Waals surface area (Å²) in [6, 6.07) is 9.53. The molecule has 0 aliphatic carbocycles. The van der Waals surface area contributed by atoms with Crippen molar-refractivity contribution in [2.75, 3.05) is 29.4 Å². The van der Waals surface area contributed by atoms with Crippen LogP contribution in [0.3, 0.4) is 0 Å². The number of anilines is 3. The van der Waals surface area contributed by atoms with Crippen LogP contribution in [0.1, 0.15) is 20.8 Å². The summed E-state index contributed by atoms with van der Waals surface area (Å²) in [6.45, 7) is 7.69. The lowest BCUT2D eigenvalue weighted by Crippen LogP contribution is -2.26. The van der Waals surface area contributed by atoms with Gasteiger partial charge in [-0.25, -0.2) is 9.97 Å². The number of benzene rings is 1. The number of aromatic nitrogens is 2. The van der Waals surface area contributed by atoms with Crippen molar-refractivity contribution in [3.63, 3.8) is 0 Å². The lowest BCUT2D eigenvalue weighted by molar-refractivity contribution is -0.383. The second-order valence-electron chi connectivity index (χ2n) is 4.88. The fourth-order valence-corrected chi connectivity index (χ4v) is 2.54. The molecule has 1 heterocycles. The predicted octanol–water partition coefficient (Wildman–Crippen LogP) is 3.39. The zero-order chi connectivity index (χ0) is 16.8. The molecule has 2 rings (SSSR count). The molecule has 7 nitrogen and oxygen atoms in total. The highest BCUT2D eigenvalue weighted by atomic mass is 16.6. The van der Waals surface area contributed by atoms with E-state index in [9.17, 15) is 10.1 Å². The van der Waals surface area contributed by atoms with Crippen molar-refractivity contribution in [1.29, 1.82) is 0 Å². The Kier molecular flexibility index (Phi) is 5.46. The molecule has 0 radical (unpaired) electrons. The van der Waals surface area contributed by atoms with Crippen LogP contribution in [0, 0.1) is 10.1 Å². The number of rotatable bonds is 7. The molecule has 0 bridgehead atoms. The molecule has 7 heteroatoms. The predicted molar refractivity (Wildman–Crippen MR) is 91.4 cm³/mol. The van der Waals surface area contributed by atoms with Crippen LogP contribution in [0.2, 0.25) is 0 Å². The first-order valence-corrected chi connectivity index (χ1v) is 7.70. The zero-order valence-corrected chi connectivity index (χ0v) is 13.6. The molecule has 0 aliphatic heterocycles. The summed E-state index contributed by atoms with van der Waals surface area (Å²) in [5.41, 5.74) is 0.809. The monoisotopic (exact) mass is 315 g/mol. The number of hydrogen-bond donors (Lipinski definition) is 0. The topological polar surface area (TPSA) is 75.4 Å². The van der Waals surface area contributed by atoms with E-state index in [1.807, 2.05) is 60.9 Å². The van der Waals surface area contributed by atoms with E-state index < -0.39 is 4.92 Å². The van der Waals surface area contributed by atoms with Gasteiger partial charge in [-0.2, -0.15) is 0 Å². The standard InChI is InChI=1S/C16H21N5O2/c1-4-19(5-2)15-14(21(22)23)16(18-12-17-15)20(6-3)13-10-8-7-9-11-13/h7-12H,4-6H2,1-3H3. The van der Waals surface area contributed by atoms with E-state index in [4.69, 9.17) is 0 Å². The summed E-state index contributed by atoms with van der Waals surface area (Å²) in [7, 11) is 0. The third-order valence-electron chi connectivity index (χ3n) is 3.67. The van der Waals surface area contributed by atoms with Gasteiger partial charge in [0.25, 0.3) is 0 Å². The largest absolute Gasteiger partial charge is 0.353 e. The molecule has 122 valence electrons. The minimum atomic E-state index is -0.394. The molecule has 0 amide bonds. The molecular formula is C16H21N5O2. The van der Waals surface area contributed by atoms with E-state index in [1.54, 1.807) is 0 Å². The van der Waals surface area contributed by atoms with Gasteiger partial charge in [0.15, 0.2) is 0 Å². The number of para-hydroxylation sites is 1. The average molecular weight is 315 g/mol. The van der Waals surface area contributed by atoms with Crippen molar-refractivity contribution in [2.24, 2.45) is 0 Å². The Hall–Kier alpha value is -2.70. The fourth-order valence-electron chi connectivity index (χ4n) is 2.54. The van der Waals surface area contributed by atoms with Crippen LogP contribution in [0.25, 0.3) is 0 Å². The average Bonchev–Trinajstić information content (AvgIpc) is 2.57. The summed E-state index contributed by atoms with van der Waals surface area (Å²) >= 11 is 0. The van der Waals surface area contributed by atoms with Crippen molar-refractivity contribution in [2.45, 2.75) is 20.8 Å². The second kappa shape index (κ2) is 7.53. The molecule has 0 unspecified atom stereocenters. The van der Waals surface area contributed by atoms with Crippen molar-refractivity contribution < 1.29 is 4.92 Å². The van der Waals surface area contributed by atoms with E-state index in [2.05, 4.69) is 9.97 Å². The highest BCUT2D eigenvalue weighted by molar-refractivity contribution is 5.76. The number of nitro groups is 1. The first kappa shape index (κ1) is 16.7. The third-order valence-corrected chi connectivity index (χ3v) is 3.67. The number of hydrogen-bond acceptors (Lipinski definition) is 6. The van der Waals surface area contributed by atoms with Gasteiger partial charge < -0.3 is 9.80 Å². The Morgan fingerprint density at radius 2 is 1.61 bits per heavy atom. The quantitative estimate of drug-likeness (QED) is 0.576. The van der Waals surface area contributed by atoms with Gasteiger partial charge in [0.2, 0.25) is 11.6 Å². The summed E-state index contributed by atoms with van der Waals surface area (Å²) in [5, 5.41) is 11.7. The van der Waals surface area contributed by atoms with Gasteiger partial charge >= 0.3 is 5.69 Å². The van der Waals surface area contributed by atoms with Crippen LogP contribution >= 0.6 is 0 Å². The van der Waals surface area contributed by atoms with Gasteiger partial charge in [-0.05, 0) is 32.9 Å². The zero-order valence-electron chi connectivity index (χ0n) is 13.6. The molecule has 1 aromatic carbocycles. The van der Waals surface area contributed by atoms with Crippen LogP contribution in [-0.2, 0) is 0 Å². The van der Waals surface area contributed by atoms with E-state index in [0.717, 1.165) is 5.69 Å². The molecule has 0 atom stereocenters. The molecule has 0 saturated heterocycles. The van der Waals surface area contributed by atoms with Crippen molar-refractivity contribution in [3.8, 4) is 0 Å². The minimum absolute atomic E-state index is 0.0538. The Morgan fingerprint density at radius 3 is 2.13 bits per heavy atom. The fraction of sp³-hybridized carbons (Fsp3) is 0.375. The van der Waals surface area contributed by atoms with E-state index in [1.165, 1.54) is 6.33 Å². The number of nitrogens with zero attached hydrogens (tertiary/aromatic N) is 5. The van der Waals surface area contributed by atoms with Crippen LogP contribution in [0.5, 0.6) is 0 Å². The lowest BCUT2D eigenvalue weighted by Gasteiger charge is -2.24. The van der Waals surface area contributed by atoms with E-state index in [0.29, 0.717) is 31.3 Å². The van der Waals surface area contributed by atoms with Gasteiger partial charge in [0.05, 0.1) is 4.92 Å². The summed E-state index contributed by atoms with van der Waals surface area (Å²) < 4.78 is 0. The van der Waals surface area contributed by atoms with Crippen LogP contribution in [0.4, 0.5) is 23.0 Å². The maximum Gasteiger partial charge on any atom is 0.353 e. The Labute approximate surface area is 135 Å². The lowest BCUT2D eigenvalue weighted by atomic mass is 10.2. The van der Waals surface area contributed by atoms with Gasteiger partial charge in [-0.15, -0.1) is 0 Å². The summed E-state index contributed by atoms with van der Waals surface area (Å²) in [5.74, 6) is 0.681. The molecule has 2 aromatic rings. The molecular weight excluding hydrogens is 294 g/mol. The Morgan fingerprint density at radius 1 is 1.00 bits per heavy atom.